The van der Waals surface area contributed by atoms with Gasteiger partial charge in [0.1, 0.15) is 10.8 Å². The van der Waals surface area contributed by atoms with Gasteiger partial charge in [-0.3, -0.25) is 10.1 Å². The Labute approximate surface area is 165 Å². The van der Waals surface area contributed by atoms with Gasteiger partial charge in [-0.25, -0.2) is 4.79 Å². The molecule has 3 amide bonds. The number of nitrogens with one attached hydrogen (secondary N) is 3. The lowest BCUT2D eigenvalue weighted by Crippen LogP contribution is -2.28. The van der Waals surface area contributed by atoms with E-state index in [9.17, 15) is 9.59 Å². The third-order valence-electron chi connectivity index (χ3n) is 4.23. The Hall–Kier alpha value is -3.20. The van der Waals surface area contributed by atoms with Crippen LogP contribution < -0.4 is 16.0 Å². The van der Waals surface area contributed by atoms with Crippen LogP contribution in [-0.4, -0.2) is 22.1 Å². The first-order valence-corrected chi connectivity index (χ1v) is 9.77. The standard InChI is InChI=1S/C19H19N5O3S/c25-16(20-11-15-5-2-8-27-15)14-4-1-3-12(9-14)10-21-18(26)22-19-24-23-17(28-19)13-6-7-13/h1-5,8-9,13H,6-7,10-11H2,(H,20,25)(H2,21,22,24,26). The molecule has 1 saturated carbocycles. The summed E-state index contributed by atoms with van der Waals surface area (Å²) in [6.07, 6.45) is 3.85. The number of benzene rings is 1. The molecule has 144 valence electrons. The van der Waals surface area contributed by atoms with Crippen LogP contribution in [0.1, 0.15) is 45.4 Å². The van der Waals surface area contributed by atoms with Crippen molar-refractivity contribution in [2.45, 2.75) is 31.8 Å². The van der Waals surface area contributed by atoms with E-state index in [4.69, 9.17) is 4.42 Å². The van der Waals surface area contributed by atoms with Gasteiger partial charge in [0.05, 0.1) is 12.8 Å². The minimum absolute atomic E-state index is 0.204. The second-order valence-electron chi connectivity index (χ2n) is 6.49. The highest BCUT2D eigenvalue weighted by Gasteiger charge is 2.27. The number of anilines is 1. The topological polar surface area (TPSA) is 109 Å². The fourth-order valence-corrected chi connectivity index (χ4v) is 3.52. The molecule has 1 fully saturated rings. The zero-order chi connectivity index (χ0) is 19.3. The number of carbonyl (C=O) groups excluding carboxylic acids is 2. The van der Waals surface area contributed by atoms with Gasteiger partial charge in [-0.1, -0.05) is 23.5 Å². The van der Waals surface area contributed by atoms with Gasteiger partial charge in [0.25, 0.3) is 5.91 Å². The minimum atomic E-state index is -0.355. The molecule has 0 radical (unpaired) electrons. The van der Waals surface area contributed by atoms with Crippen molar-refractivity contribution in [3.63, 3.8) is 0 Å². The second-order valence-corrected chi connectivity index (χ2v) is 7.50. The zero-order valence-corrected chi connectivity index (χ0v) is 15.8. The maximum absolute atomic E-state index is 12.3. The maximum atomic E-state index is 12.3. The predicted molar refractivity (Wildman–Crippen MR) is 104 cm³/mol. The fraction of sp³-hybridized carbons (Fsp3) is 0.263. The highest BCUT2D eigenvalue weighted by molar-refractivity contribution is 7.15. The van der Waals surface area contributed by atoms with Gasteiger partial charge in [-0.05, 0) is 42.7 Å². The van der Waals surface area contributed by atoms with Gasteiger partial charge in [0.15, 0.2) is 0 Å². The molecule has 0 spiro atoms. The highest BCUT2D eigenvalue weighted by atomic mass is 32.1. The first-order valence-electron chi connectivity index (χ1n) is 8.95. The molecule has 0 unspecified atom stereocenters. The van der Waals surface area contributed by atoms with Crippen LogP contribution in [0, 0.1) is 0 Å². The molecule has 3 N–H and O–H groups in total. The van der Waals surface area contributed by atoms with Crippen LogP contribution >= 0.6 is 11.3 Å². The van der Waals surface area contributed by atoms with Crippen molar-refractivity contribution in [2.24, 2.45) is 0 Å². The van der Waals surface area contributed by atoms with E-state index in [2.05, 4.69) is 26.1 Å². The molecular weight excluding hydrogens is 378 g/mol. The molecule has 2 heterocycles. The van der Waals surface area contributed by atoms with E-state index in [1.807, 2.05) is 6.07 Å². The van der Waals surface area contributed by atoms with E-state index in [0.717, 1.165) is 23.4 Å². The van der Waals surface area contributed by atoms with E-state index in [-0.39, 0.29) is 11.9 Å². The number of urea groups is 1. The third-order valence-corrected chi connectivity index (χ3v) is 5.23. The van der Waals surface area contributed by atoms with Crippen LogP contribution in [0.5, 0.6) is 0 Å². The van der Waals surface area contributed by atoms with E-state index in [1.165, 1.54) is 11.3 Å². The van der Waals surface area contributed by atoms with Crippen molar-refractivity contribution in [3.05, 3.63) is 64.6 Å². The first kappa shape index (κ1) is 18.2. The Morgan fingerprint density at radius 3 is 2.79 bits per heavy atom. The zero-order valence-electron chi connectivity index (χ0n) is 15.0. The minimum Gasteiger partial charge on any atom is -0.467 e. The average molecular weight is 397 g/mol. The van der Waals surface area contributed by atoms with Gasteiger partial charge in [0.2, 0.25) is 5.13 Å². The predicted octanol–water partition coefficient (Wildman–Crippen LogP) is 3.26. The summed E-state index contributed by atoms with van der Waals surface area (Å²) in [6.45, 7) is 0.612. The van der Waals surface area contributed by atoms with Gasteiger partial charge in [-0.2, -0.15) is 0 Å². The largest absolute Gasteiger partial charge is 0.467 e. The fourth-order valence-electron chi connectivity index (χ4n) is 2.61. The SMILES string of the molecule is O=C(NCc1cccc(C(=O)NCc2ccco2)c1)Nc1nnc(C2CC2)s1. The van der Waals surface area contributed by atoms with Crippen molar-refractivity contribution < 1.29 is 14.0 Å². The van der Waals surface area contributed by atoms with Crippen LogP contribution in [0.25, 0.3) is 0 Å². The molecule has 0 atom stereocenters. The number of hydrogen-bond acceptors (Lipinski definition) is 6. The number of nitrogens with zero attached hydrogens (tertiary/aromatic N) is 2. The molecule has 8 nitrogen and oxygen atoms in total. The Bertz CT molecular complexity index is 966. The number of hydrogen-bond donors (Lipinski definition) is 3. The van der Waals surface area contributed by atoms with E-state index < -0.39 is 0 Å². The molecule has 3 aromatic rings. The first-order chi connectivity index (χ1) is 13.7. The van der Waals surface area contributed by atoms with Crippen LogP contribution in [0.2, 0.25) is 0 Å². The van der Waals surface area contributed by atoms with Crippen LogP contribution in [-0.2, 0) is 13.1 Å². The van der Waals surface area contributed by atoms with Gasteiger partial charge >= 0.3 is 6.03 Å². The smallest absolute Gasteiger partial charge is 0.321 e. The molecule has 1 aliphatic rings. The monoisotopic (exact) mass is 397 g/mol. The average Bonchev–Trinajstić information content (AvgIpc) is 3.23. The van der Waals surface area contributed by atoms with Crippen molar-refractivity contribution in [2.75, 3.05) is 5.32 Å². The van der Waals surface area contributed by atoms with Crippen molar-refractivity contribution in [3.8, 4) is 0 Å². The molecule has 9 heteroatoms. The quantitative estimate of drug-likeness (QED) is 0.567. The Kier molecular flexibility index (Phi) is 5.34. The Morgan fingerprint density at radius 1 is 1.11 bits per heavy atom. The van der Waals surface area contributed by atoms with Crippen LogP contribution in [0.15, 0.2) is 47.1 Å². The normalized spacial score (nSPS) is 13.1. The Morgan fingerprint density at radius 2 is 2.00 bits per heavy atom. The summed E-state index contributed by atoms with van der Waals surface area (Å²) in [5, 5.41) is 17.8. The maximum Gasteiger partial charge on any atom is 0.321 e. The van der Waals surface area contributed by atoms with Crippen molar-refractivity contribution >= 4 is 28.4 Å². The molecule has 2 aromatic heterocycles. The number of carbonyl (C=O) groups is 2. The van der Waals surface area contributed by atoms with Crippen LogP contribution in [0.4, 0.5) is 9.93 Å². The third kappa shape index (κ3) is 4.74. The van der Waals surface area contributed by atoms with Crippen molar-refractivity contribution in [1.82, 2.24) is 20.8 Å². The van der Waals surface area contributed by atoms with E-state index >= 15 is 0 Å². The summed E-state index contributed by atoms with van der Waals surface area (Å²) in [5.74, 6) is 0.992. The van der Waals surface area contributed by atoms with E-state index in [1.54, 1.807) is 36.6 Å². The molecule has 0 saturated heterocycles. The summed E-state index contributed by atoms with van der Waals surface area (Å²) in [6, 6.07) is 10.3. The summed E-state index contributed by atoms with van der Waals surface area (Å²) in [5.41, 5.74) is 1.33. The lowest BCUT2D eigenvalue weighted by Gasteiger charge is -2.08. The second kappa shape index (κ2) is 8.22. The summed E-state index contributed by atoms with van der Waals surface area (Å²) in [4.78, 5) is 24.3. The molecule has 0 aliphatic heterocycles. The Balaban J connectivity index is 1.27. The molecule has 28 heavy (non-hydrogen) atoms. The molecule has 4 rings (SSSR count). The lowest BCUT2D eigenvalue weighted by atomic mass is 10.1. The molecule has 0 bridgehead atoms. The van der Waals surface area contributed by atoms with Crippen LogP contribution in [0.3, 0.4) is 0 Å². The molecule has 1 aromatic carbocycles. The summed E-state index contributed by atoms with van der Waals surface area (Å²) < 4.78 is 5.20. The molecular formula is C19H19N5O3S. The van der Waals surface area contributed by atoms with Crippen molar-refractivity contribution in [1.29, 1.82) is 0 Å². The highest BCUT2D eigenvalue weighted by Crippen LogP contribution is 2.41. The van der Waals surface area contributed by atoms with Gasteiger partial charge in [0, 0.05) is 18.0 Å². The number of furan rings is 1. The molecule has 1 aliphatic carbocycles. The van der Waals surface area contributed by atoms with E-state index in [0.29, 0.717) is 35.5 Å². The number of aromatic nitrogens is 2. The summed E-state index contributed by atoms with van der Waals surface area (Å²) >= 11 is 1.41. The number of rotatable bonds is 7. The van der Waals surface area contributed by atoms with Gasteiger partial charge in [-0.15, -0.1) is 10.2 Å². The lowest BCUT2D eigenvalue weighted by molar-refractivity contribution is 0.0948. The number of amides is 3. The van der Waals surface area contributed by atoms with Gasteiger partial charge < -0.3 is 15.1 Å². The summed E-state index contributed by atoms with van der Waals surface area (Å²) in [7, 11) is 0.